The van der Waals surface area contributed by atoms with Gasteiger partial charge in [-0.3, -0.25) is 0 Å². The van der Waals surface area contributed by atoms with E-state index in [0.717, 1.165) is 16.6 Å². The fourth-order valence-corrected chi connectivity index (χ4v) is 5.00. The van der Waals surface area contributed by atoms with Crippen molar-refractivity contribution in [2.45, 2.75) is 24.4 Å². The summed E-state index contributed by atoms with van der Waals surface area (Å²) < 4.78 is 1.07. The van der Waals surface area contributed by atoms with Crippen molar-refractivity contribution in [3.8, 4) is 0 Å². The Morgan fingerprint density at radius 2 is 1.75 bits per heavy atom. The molecule has 0 unspecified atom stereocenters. The monoisotopic (exact) mass is 331 g/mol. The van der Waals surface area contributed by atoms with Crippen LogP contribution in [-0.4, -0.2) is 30.9 Å². The van der Waals surface area contributed by atoms with Gasteiger partial charge in [-0.05, 0) is 0 Å². The SMILES string of the molecule is Cc1ccc(C2=N[C@H](O)C[C@@H](c3ccccc3)[Se]2)cc1. The number of rotatable bonds is 2. The van der Waals surface area contributed by atoms with Gasteiger partial charge in [0.05, 0.1) is 0 Å². The molecule has 0 saturated heterocycles. The average Bonchev–Trinajstić information content (AvgIpc) is 2.48. The van der Waals surface area contributed by atoms with Crippen LogP contribution >= 0.6 is 0 Å². The van der Waals surface area contributed by atoms with Gasteiger partial charge in [0, 0.05) is 0 Å². The number of hydrogen-bond donors (Lipinski definition) is 1. The first-order chi connectivity index (χ1) is 9.72. The van der Waals surface area contributed by atoms with Gasteiger partial charge < -0.3 is 0 Å². The van der Waals surface area contributed by atoms with Crippen LogP contribution in [0.3, 0.4) is 0 Å². The molecule has 1 heterocycles. The Morgan fingerprint density at radius 3 is 2.45 bits per heavy atom. The van der Waals surface area contributed by atoms with Gasteiger partial charge in [0.15, 0.2) is 0 Å². The molecule has 0 aliphatic carbocycles. The van der Waals surface area contributed by atoms with E-state index in [2.05, 4.69) is 60.4 Å². The van der Waals surface area contributed by atoms with E-state index in [1.165, 1.54) is 11.1 Å². The molecule has 1 N–H and O–H groups in total. The Morgan fingerprint density at radius 1 is 1.05 bits per heavy atom. The molecule has 0 fully saturated rings. The third-order valence-electron chi connectivity index (χ3n) is 3.41. The Balaban J connectivity index is 1.87. The average molecular weight is 330 g/mol. The van der Waals surface area contributed by atoms with Crippen molar-refractivity contribution >= 4 is 19.6 Å². The van der Waals surface area contributed by atoms with E-state index in [-0.39, 0.29) is 15.0 Å². The zero-order valence-corrected chi connectivity index (χ0v) is 13.1. The van der Waals surface area contributed by atoms with Gasteiger partial charge in [-0.25, -0.2) is 0 Å². The van der Waals surface area contributed by atoms with Crippen molar-refractivity contribution in [2.75, 3.05) is 0 Å². The van der Waals surface area contributed by atoms with Gasteiger partial charge in [-0.15, -0.1) is 0 Å². The van der Waals surface area contributed by atoms with Gasteiger partial charge in [0.2, 0.25) is 0 Å². The van der Waals surface area contributed by atoms with E-state index in [9.17, 15) is 5.11 Å². The van der Waals surface area contributed by atoms with Crippen LogP contribution in [0, 0.1) is 6.92 Å². The fourth-order valence-electron chi connectivity index (χ4n) is 2.30. The van der Waals surface area contributed by atoms with Crippen LogP contribution in [-0.2, 0) is 0 Å². The second-order valence-corrected chi connectivity index (χ2v) is 7.53. The molecule has 2 aromatic carbocycles. The van der Waals surface area contributed by atoms with Gasteiger partial charge in [0.1, 0.15) is 0 Å². The summed E-state index contributed by atoms with van der Waals surface area (Å²) in [5.41, 5.74) is 3.71. The molecule has 2 aromatic rings. The summed E-state index contributed by atoms with van der Waals surface area (Å²) in [6.45, 7) is 2.08. The number of aliphatic hydroxyl groups is 1. The maximum absolute atomic E-state index is 10.0. The Kier molecular flexibility index (Phi) is 4.02. The van der Waals surface area contributed by atoms with Crippen molar-refractivity contribution in [2.24, 2.45) is 4.99 Å². The molecule has 3 heteroatoms. The number of benzene rings is 2. The molecule has 1 aliphatic heterocycles. The summed E-state index contributed by atoms with van der Waals surface area (Å²) in [6.07, 6.45) is 0.159. The maximum atomic E-state index is 10.0. The Labute approximate surface area is 125 Å². The number of nitrogens with zero attached hydrogens (tertiary/aromatic N) is 1. The molecule has 0 amide bonds. The summed E-state index contributed by atoms with van der Waals surface area (Å²) in [6, 6.07) is 18.9. The fraction of sp³-hybridized carbons (Fsp3) is 0.235. The van der Waals surface area contributed by atoms with Crippen molar-refractivity contribution in [3.05, 3.63) is 71.3 Å². The Hall–Kier alpha value is -1.41. The Bertz CT molecular complexity index is 607. The van der Waals surface area contributed by atoms with Gasteiger partial charge in [-0.1, -0.05) is 0 Å². The van der Waals surface area contributed by atoms with E-state index in [0.29, 0.717) is 4.82 Å². The molecule has 0 bridgehead atoms. The van der Waals surface area contributed by atoms with E-state index in [4.69, 9.17) is 0 Å². The summed E-state index contributed by atoms with van der Waals surface area (Å²) in [7, 11) is 0. The summed E-state index contributed by atoms with van der Waals surface area (Å²) >= 11 is 0.260. The van der Waals surface area contributed by atoms with E-state index in [1.54, 1.807) is 0 Å². The van der Waals surface area contributed by atoms with Crippen molar-refractivity contribution in [1.82, 2.24) is 0 Å². The molecule has 2 nitrogen and oxygen atoms in total. The molecular formula is C17H17NOSe. The van der Waals surface area contributed by atoms with Crippen molar-refractivity contribution in [1.29, 1.82) is 0 Å². The molecule has 1 aliphatic rings. The molecule has 3 rings (SSSR count). The predicted molar refractivity (Wildman–Crippen MR) is 83.3 cm³/mol. The van der Waals surface area contributed by atoms with E-state index < -0.39 is 6.23 Å². The minimum absolute atomic E-state index is 0.260. The molecule has 2 atom stereocenters. The number of aliphatic hydroxyl groups excluding tert-OH is 1. The summed E-state index contributed by atoms with van der Waals surface area (Å²) in [5, 5.41) is 10.0. The van der Waals surface area contributed by atoms with Crippen LogP contribution in [0.2, 0.25) is 0 Å². The second kappa shape index (κ2) is 5.92. The number of aliphatic imine (C=N–C) groups is 1. The van der Waals surface area contributed by atoms with E-state index >= 15 is 0 Å². The van der Waals surface area contributed by atoms with Crippen molar-refractivity contribution in [3.63, 3.8) is 0 Å². The van der Waals surface area contributed by atoms with Crippen LogP contribution < -0.4 is 0 Å². The first kappa shape index (κ1) is 13.6. The second-order valence-electron chi connectivity index (χ2n) is 5.03. The molecule has 0 aromatic heterocycles. The number of aryl methyl sites for hydroxylation is 1. The first-order valence-electron chi connectivity index (χ1n) is 6.77. The van der Waals surface area contributed by atoms with Gasteiger partial charge in [-0.2, -0.15) is 0 Å². The van der Waals surface area contributed by atoms with Crippen molar-refractivity contribution < 1.29 is 5.11 Å². The molecule has 0 radical (unpaired) electrons. The van der Waals surface area contributed by atoms with Crippen LogP contribution in [0.4, 0.5) is 0 Å². The topological polar surface area (TPSA) is 32.6 Å². The zero-order chi connectivity index (χ0) is 13.9. The van der Waals surface area contributed by atoms with Crippen LogP contribution in [0.1, 0.15) is 27.9 Å². The zero-order valence-electron chi connectivity index (χ0n) is 11.4. The van der Waals surface area contributed by atoms with Crippen LogP contribution in [0.5, 0.6) is 0 Å². The van der Waals surface area contributed by atoms with Crippen LogP contribution in [0.25, 0.3) is 0 Å². The first-order valence-corrected chi connectivity index (χ1v) is 8.61. The predicted octanol–water partition coefficient (Wildman–Crippen LogP) is 2.91. The normalized spacial score (nSPS) is 22.4. The third kappa shape index (κ3) is 3.01. The van der Waals surface area contributed by atoms with E-state index in [1.807, 2.05) is 6.07 Å². The molecular weight excluding hydrogens is 313 g/mol. The van der Waals surface area contributed by atoms with Crippen LogP contribution in [0.15, 0.2) is 59.6 Å². The van der Waals surface area contributed by atoms with Gasteiger partial charge in [0.25, 0.3) is 0 Å². The third-order valence-corrected chi connectivity index (χ3v) is 6.17. The number of hydrogen-bond acceptors (Lipinski definition) is 2. The molecule has 0 saturated carbocycles. The van der Waals surface area contributed by atoms with Gasteiger partial charge >= 0.3 is 125 Å². The molecule has 20 heavy (non-hydrogen) atoms. The minimum atomic E-state index is -0.577. The summed E-state index contributed by atoms with van der Waals surface area (Å²) in [4.78, 5) is 4.87. The quantitative estimate of drug-likeness (QED) is 0.844. The standard InChI is InChI=1S/C17H17NOSe/c1-12-7-9-14(10-8-12)17-18-16(19)11-15(20-17)13-5-3-2-4-6-13/h2-10,15-16,19H,11H2,1H3/t15-,16+/m0/s1. The summed E-state index contributed by atoms with van der Waals surface area (Å²) in [5.74, 6) is 0. The molecule has 0 spiro atoms. The molecule has 102 valence electrons.